The van der Waals surface area contributed by atoms with Gasteiger partial charge < -0.3 is 10.3 Å². The summed E-state index contributed by atoms with van der Waals surface area (Å²) >= 11 is 0. The van der Waals surface area contributed by atoms with Crippen LogP contribution < -0.4 is 5.73 Å². The summed E-state index contributed by atoms with van der Waals surface area (Å²) in [7, 11) is 0. The quantitative estimate of drug-likeness (QED) is 0.607. The predicted molar refractivity (Wildman–Crippen MR) is 53.7 cm³/mol. The molecule has 2 N–H and O–H groups in total. The van der Waals surface area contributed by atoms with Crippen LogP contribution in [0.1, 0.15) is 0 Å². The van der Waals surface area contributed by atoms with E-state index >= 15 is 0 Å². The summed E-state index contributed by atoms with van der Waals surface area (Å²) in [5, 5.41) is 5.12. The average molecular weight is 203 g/mol. The van der Waals surface area contributed by atoms with Crippen molar-refractivity contribution >= 4 is 27.8 Å². The van der Waals surface area contributed by atoms with E-state index in [1.807, 2.05) is 0 Å². The van der Waals surface area contributed by atoms with Gasteiger partial charge in [0, 0.05) is 11.5 Å². The van der Waals surface area contributed by atoms with E-state index in [-0.39, 0.29) is 11.7 Å². The van der Waals surface area contributed by atoms with Crippen LogP contribution in [-0.4, -0.2) is 10.1 Å². The molecule has 1 aromatic carbocycles. The maximum absolute atomic E-state index is 12.9. The average Bonchev–Trinajstić information content (AvgIpc) is 2.57. The highest BCUT2D eigenvalue weighted by Gasteiger charge is 2.08. The molecule has 2 aromatic heterocycles. The zero-order valence-electron chi connectivity index (χ0n) is 7.57. The number of hydrogen-bond acceptors (Lipinski definition) is 4. The Kier molecular flexibility index (Phi) is 1.45. The molecule has 0 fully saturated rings. The second kappa shape index (κ2) is 2.66. The number of nitrogens with two attached hydrogens (primary N) is 1. The highest BCUT2D eigenvalue weighted by atomic mass is 19.1. The molecule has 0 spiro atoms. The third kappa shape index (κ3) is 1.13. The first-order valence-corrected chi connectivity index (χ1v) is 4.35. The number of benzene rings is 1. The summed E-state index contributed by atoms with van der Waals surface area (Å²) in [4.78, 5) is 4.13. The summed E-state index contributed by atoms with van der Waals surface area (Å²) in [6, 6.07) is 6.14. The molecule has 0 bridgehead atoms. The number of halogens is 1. The molecule has 0 saturated carbocycles. The fraction of sp³-hybridized carbons (Fsp3) is 0. The van der Waals surface area contributed by atoms with Gasteiger partial charge in [-0.25, -0.2) is 9.37 Å². The fourth-order valence-corrected chi connectivity index (χ4v) is 1.52. The van der Waals surface area contributed by atoms with Gasteiger partial charge in [0.15, 0.2) is 0 Å². The Morgan fingerprint density at radius 1 is 1.27 bits per heavy atom. The van der Waals surface area contributed by atoms with E-state index < -0.39 is 0 Å². The van der Waals surface area contributed by atoms with E-state index in [1.54, 1.807) is 12.1 Å². The molecule has 15 heavy (non-hydrogen) atoms. The second-order valence-corrected chi connectivity index (χ2v) is 3.24. The third-order valence-electron chi connectivity index (χ3n) is 2.26. The van der Waals surface area contributed by atoms with Gasteiger partial charge in [0.25, 0.3) is 0 Å². The van der Waals surface area contributed by atoms with Crippen molar-refractivity contribution in [1.29, 1.82) is 0 Å². The van der Waals surface area contributed by atoms with Crippen molar-refractivity contribution in [3.05, 3.63) is 30.1 Å². The molecule has 0 radical (unpaired) electrons. The molecule has 0 unspecified atom stereocenters. The number of nitrogens with zero attached hydrogens (tertiary/aromatic N) is 2. The minimum absolute atomic E-state index is 0.226. The summed E-state index contributed by atoms with van der Waals surface area (Å²) in [6.45, 7) is 0. The van der Waals surface area contributed by atoms with Gasteiger partial charge in [-0.2, -0.15) is 0 Å². The highest BCUT2D eigenvalue weighted by Crippen LogP contribution is 2.23. The van der Waals surface area contributed by atoms with Crippen LogP contribution in [0.25, 0.3) is 21.9 Å². The minimum atomic E-state index is -0.328. The second-order valence-electron chi connectivity index (χ2n) is 3.24. The van der Waals surface area contributed by atoms with Crippen LogP contribution in [0.15, 0.2) is 28.8 Å². The van der Waals surface area contributed by atoms with Crippen LogP contribution in [-0.2, 0) is 0 Å². The van der Waals surface area contributed by atoms with Crippen molar-refractivity contribution in [2.75, 3.05) is 5.73 Å². The largest absolute Gasteiger partial charge is 0.367 e. The van der Waals surface area contributed by atoms with Gasteiger partial charge in [0.1, 0.15) is 5.82 Å². The van der Waals surface area contributed by atoms with Crippen LogP contribution in [0.5, 0.6) is 0 Å². The Hall–Kier alpha value is -2.17. The van der Waals surface area contributed by atoms with E-state index in [9.17, 15) is 4.39 Å². The van der Waals surface area contributed by atoms with Crippen LogP contribution in [0.3, 0.4) is 0 Å². The zero-order valence-corrected chi connectivity index (χ0v) is 7.57. The first kappa shape index (κ1) is 8.16. The van der Waals surface area contributed by atoms with Crippen molar-refractivity contribution < 1.29 is 8.91 Å². The summed E-state index contributed by atoms with van der Waals surface area (Å²) < 4.78 is 17.7. The summed E-state index contributed by atoms with van der Waals surface area (Å²) in [6.07, 6.45) is 0. The van der Waals surface area contributed by atoms with E-state index in [0.717, 1.165) is 5.39 Å². The molecule has 0 atom stereocenters. The lowest BCUT2D eigenvalue weighted by molar-refractivity contribution is 0.443. The Morgan fingerprint density at radius 2 is 2.13 bits per heavy atom. The molecule has 0 aliphatic rings. The molecule has 0 amide bonds. The fourth-order valence-electron chi connectivity index (χ4n) is 1.52. The number of fused-ring (bicyclic) bond motifs is 2. The van der Waals surface area contributed by atoms with Gasteiger partial charge in [-0.1, -0.05) is 5.16 Å². The number of rotatable bonds is 0. The van der Waals surface area contributed by atoms with Crippen molar-refractivity contribution in [2.45, 2.75) is 0 Å². The molecule has 5 heteroatoms. The lowest BCUT2D eigenvalue weighted by Gasteiger charge is -1.96. The van der Waals surface area contributed by atoms with E-state index in [4.69, 9.17) is 10.3 Å². The maximum Gasteiger partial charge on any atom is 0.231 e. The van der Waals surface area contributed by atoms with E-state index in [1.165, 1.54) is 12.1 Å². The molecule has 3 rings (SSSR count). The Labute approximate surface area is 83.5 Å². The topological polar surface area (TPSA) is 64.9 Å². The number of anilines is 1. The van der Waals surface area contributed by atoms with Crippen molar-refractivity contribution in [3.63, 3.8) is 0 Å². The molecule has 0 aliphatic carbocycles. The van der Waals surface area contributed by atoms with Gasteiger partial charge in [-0.05, 0) is 18.2 Å². The molecule has 0 aliphatic heterocycles. The number of aromatic nitrogens is 2. The van der Waals surface area contributed by atoms with Crippen molar-refractivity contribution in [3.8, 4) is 0 Å². The van der Waals surface area contributed by atoms with Gasteiger partial charge in [-0.3, -0.25) is 0 Å². The normalized spacial score (nSPS) is 11.3. The first-order valence-electron chi connectivity index (χ1n) is 4.35. The number of hydrogen-bond donors (Lipinski definition) is 1. The standard InChI is InChI=1S/C10H6FN3O/c11-6-2-1-5-3-7-9(12)15-14-10(7)13-8(5)4-6/h1-4H,12H2. The van der Waals surface area contributed by atoms with E-state index in [2.05, 4.69) is 10.1 Å². The number of pyridine rings is 1. The minimum Gasteiger partial charge on any atom is -0.367 e. The predicted octanol–water partition coefficient (Wildman–Crippen LogP) is 2.10. The van der Waals surface area contributed by atoms with Gasteiger partial charge in [0.05, 0.1) is 10.9 Å². The molecule has 2 heterocycles. The van der Waals surface area contributed by atoms with Gasteiger partial charge in [0.2, 0.25) is 11.5 Å². The summed E-state index contributed by atoms with van der Waals surface area (Å²) in [5.41, 5.74) is 6.49. The molecule has 0 saturated heterocycles. The van der Waals surface area contributed by atoms with Gasteiger partial charge in [-0.15, -0.1) is 0 Å². The van der Waals surface area contributed by atoms with Crippen LogP contribution in [0.4, 0.5) is 10.3 Å². The van der Waals surface area contributed by atoms with Crippen molar-refractivity contribution in [1.82, 2.24) is 10.1 Å². The smallest absolute Gasteiger partial charge is 0.231 e. The van der Waals surface area contributed by atoms with E-state index in [0.29, 0.717) is 16.6 Å². The number of nitrogen functional groups attached to an aromatic ring is 1. The zero-order chi connectivity index (χ0) is 10.4. The van der Waals surface area contributed by atoms with Gasteiger partial charge >= 0.3 is 0 Å². The van der Waals surface area contributed by atoms with Crippen molar-refractivity contribution in [2.24, 2.45) is 0 Å². The Morgan fingerprint density at radius 3 is 3.00 bits per heavy atom. The first-order chi connectivity index (χ1) is 7.24. The molecule has 3 aromatic rings. The molecular formula is C10H6FN3O. The monoisotopic (exact) mass is 203 g/mol. The Bertz CT molecular complexity index is 662. The Balaban J connectivity index is 2.49. The maximum atomic E-state index is 12.9. The molecule has 4 nitrogen and oxygen atoms in total. The lowest BCUT2D eigenvalue weighted by Crippen LogP contribution is -1.84. The SMILES string of the molecule is Nc1onc2nc3cc(F)ccc3cc12. The van der Waals surface area contributed by atoms with Crippen LogP contribution in [0.2, 0.25) is 0 Å². The molecule has 74 valence electrons. The third-order valence-corrected chi connectivity index (χ3v) is 2.26. The molecular weight excluding hydrogens is 197 g/mol. The lowest BCUT2D eigenvalue weighted by atomic mass is 10.2. The van der Waals surface area contributed by atoms with Crippen LogP contribution >= 0.6 is 0 Å². The highest BCUT2D eigenvalue weighted by molar-refractivity contribution is 5.95. The van der Waals surface area contributed by atoms with Crippen LogP contribution in [0, 0.1) is 5.82 Å². The summed E-state index contributed by atoms with van der Waals surface area (Å²) in [5.74, 6) is -0.102.